The average molecular weight is 342 g/mol. The van der Waals surface area contributed by atoms with Gasteiger partial charge >= 0.3 is 11.8 Å². The van der Waals surface area contributed by atoms with E-state index < -0.39 is 23.7 Å². The van der Waals surface area contributed by atoms with Crippen LogP contribution in [-0.4, -0.2) is 54.2 Å². The van der Waals surface area contributed by atoms with Crippen molar-refractivity contribution in [3.8, 4) is 0 Å². The molecule has 1 aliphatic heterocycles. The van der Waals surface area contributed by atoms with E-state index in [1.165, 1.54) is 21.9 Å². The van der Waals surface area contributed by atoms with E-state index in [4.69, 9.17) is 11.6 Å². The van der Waals surface area contributed by atoms with Gasteiger partial charge in [0.1, 0.15) is 11.9 Å². The number of halogens is 2. The van der Waals surface area contributed by atoms with Crippen molar-refractivity contribution in [3.63, 3.8) is 0 Å². The normalized spacial score (nSPS) is 17.0. The van der Waals surface area contributed by atoms with Gasteiger partial charge in [-0.15, -0.1) is 0 Å². The third kappa shape index (κ3) is 3.79. The maximum Gasteiger partial charge on any atom is 0.313 e. The van der Waals surface area contributed by atoms with Crippen molar-refractivity contribution in [1.82, 2.24) is 9.80 Å². The monoisotopic (exact) mass is 341 g/mol. The molecule has 0 saturated carbocycles. The zero-order valence-corrected chi connectivity index (χ0v) is 13.6. The lowest BCUT2D eigenvalue weighted by atomic mass is 10.2. The Morgan fingerprint density at radius 1 is 1.35 bits per heavy atom. The van der Waals surface area contributed by atoms with Gasteiger partial charge < -0.3 is 15.1 Å². The molecule has 1 N–H and O–H groups in total. The molecule has 1 atom stereocenters. The van der Waals surface area contributed by atoms with Gasteiger partial charge in [-0.25, -0.2) is 4.39 Å². The molecule has 8 heteroatoms. The van der Waals surface area contributed by atoms with Gasteiger partial charge in [-0.2, -0.15) is 0 Å². The van der Waals surface area contributed by atoms with Crippen molar-refractivity contribution in [1.29, 1.82) is 0 Å². The Balaban J connectivity index is 2.08. The number of carbonyl (C=O) groups is 3. The maximum atomic E-state index is 13.1. The summed E-state index contributed by atoms with van der Waals surface area (Å²) in [5.41, 5.74) is 0.212. The summed E-state index contributed by atoms with van der Waals surface area (Å²) in [4.78, 5) is 39.1. The van der Waals surface area contributed by atoms with Crippen molar-refractivity contribution in [3.05, 3.63) is 29.0 Å². The lowest BCUT2D eigenvalue weighted by Gasteiger charge is -2.25. The molecule has 1 aromatic carbocycles. The Bertz CT molecular complexity index is 651. The van der Waals surface area contributed by atoms with Crippen LogP contribution in [0.25, 0.3) is 0 Å². The average Bonchev–Trinajstić information content (AvgIpc) is 2.98. The van der Waals surface area contributed by atoms with E-state index in [0.717, 1.165) is 6.07 Å². The first-order chi connectivity index (χ1) is 10.8. The molecule has 2 rings (SSSR count). The summed E-state index contributed by atoms with van der Waals surface area (Å²) in [5, 5.41) is 2.21. The highest BCUT2D eigenvalue weighted by Crippen LogP contribution is 2.21. The second kappa shape index (κ2) is 6.95. The van der Waals surface area contributed by atoms with Crippen LogP contribution >= 0.6 is 11.6 Å². The molecule has 1 aromatic rings. The molecule has 3 amide bonds. The predicted octanol–water partition coefficient (Wildman–Crippen LogP) is 1.50. The Hall–Kier alpha value is -2.15. The molecule has 23 heavy (non-hydrogen) atoms. The van der Waals surface area contributed by atoms with Gasteiger partial charge in [0.2, 0.25) is 5.91 Å². The fraction of sp³-hybridized carbons (Fsp3) is 0.400. The van der Waals surface area contributed by atoms with Gasteiger partial charge in [0, 0.05) is 26.3 Å². The fourth-order valence-corrected chi connectivity index (χ4v) is 2.63. The first-order valence-corrected chi connectivity index (χ1v) is 7.47. The number of likely N-dealkylation sites (N-methyl/N-ethyl adjacent to an activating group) is 1. The Morgan fingerprint density at radius 3 is 2.65 bits per heavy atom. The van der Waals surface area contributed by atoms with Crippen LogP contribution in [0, 0.1) is 5.82 Å². The summed E-state index contributed by atoms with van der Waals surface area (Å²) in [6.45, 7) is 0.348. The number of likely N-dealkylation sites (tertiary alicyclic amines) is 1. The van der Waals surface area contributed by atoms with Crippen LogP contribution in [0.1, 0.15) is 12.8 Å². The van der Waals surface area contributed by atoms with E-state index >= 15 is 0 Å². The predicted molar refractivity (Wildman–Crippen MR) is 83.5 cm³/mol. The van der Waals surface area contributed by atoms with E-state index in [1.807, 2.05) is 0 Å². The van der Waals surface area contributed by atoms with Crippen LogP contribution in [-0.2, 0) is 14.4 Å². The molecule has 1 saturated heterocycles. The summed E-state index contributed by atoms with van der Waals surface area (Å²) >= 11 is 5.63. The number of nitrogens with one attached hydrogen (secondary N) is 1. The van der Waals surface area contributed by atoms with Crippen molar-refractivity contribution in [2.45, 2.75) is 18.9 Å². The van der Waals surface area contributed by atoms with E-state index in [-0.39, 0.29) is 16.6 Å². The Kier molecular flexibility index (Phi) is 5.20. The highest BCUT2D eigenvalue weighted by Gasteiger charge is 2.37. The summed E-state index contributed by atoms with van der Waals surface area (Å²) in [5.74, 6) is -2.50. The molecule has 0 radical (unpaired) electrons. The Labute approximate surface area is 138 Å². The number of carbonyl (C=O) groups excluding carboxylic acids is 3. The van der Waals surface area contributed by atoms with Gasteiger partial charge in [0.15, 0.2) is 0 Å². The number of hydrogen-bond donors (Lipinski definition) is 1. The number of hydrogen-bond acceptors (Lipinski definition) is 3. The summed E-state index contributed by atoms with van der Waals surface area (Å²) in [6.07, 6.45) is 1.18. The van der Waals surface area contributed by atoms with Crippen molar-refractivity contribution in [2.75, 3.05) is 26.0 Å². The molecular formula is C15H17ClFN3O3. The van der Waals surface area contributed by atoms with E-state index in [0.29, 0.717) is 19.4 Å². The number of benzene rings is 1. The van der Waals surface area contributed by atoms with Crippen molar-refractivity contribution >= 4 is 35.0 Å². The van der Waals surface area contributed by atoms with Crippen LogP contribution in [0.5, 0.6) is 0 Å². The first-order valence-electron chi connectivity index (χ1n) is 7.09. The lowest BCUT2D eigenvalue weighted by Crippen LogP contribution is -2.48. The quantitative estimate of drug-likeness (QED) is 0.829. The molecule has 1 aliphatic rings. The minimum Gasteiger partial charge on any atom is -0.347 e. The number of amides is 3. The molecule has 0 spiro atoms. The minimum absolute atomic E-state index is 0.155. The SMILES string of the molecule is CN(C)C(=O)[C@H]1CCCN1C(=O)C(=O)Nc1ccc(F)c(Cl)c1. The molecule has 0 aliphatic carbocycles. The van der Waals surface area contributed by atoms with Crippen LogP contribution < -0.4 is 5.32 Å². The maximum absolute atomic E-state index is 13.1. The zero-order valence-electron chi connectivity index (χ0n) is 12.8. The van der Waals surface area contributed by atoms with Gasteiger partial charge in [0.05, 0.1) is 5.02 Å². The molecule has 1 heterocycles. The smallest absolute Gasteiger partial charge is 0.313 e. The highest BCUT2D eigenvalue weighted by atomic mass is 35.5. The lowest BCUT2D eigenvalue weighted by molar-refractivity contribution is -0.147. The van der Waals surface area contributed by atoms with Crippen LogP contribution in [0.4, 0.5) is 10.1 Å². The van der Waals surface area contributed by atoms with E-state index in [2.05, 4.69) is 5.32 Å². The van der Waals surface area contributed by atoms with Crippen LogP contribution in [0.15, 0.2) is 18.2 Å². The summed E-state index contributed by atoms with van der Waals surface area (Å²) in [7, 11) is 3.20. The second-order valence-corrected chi connectivity index (χ2v) is 5.88. The third-order valence-corrected chi connectivity index (χ3v) is 3.90. The fourth-order valence-electron chi connectivity index (χ4n) is 2.45. The summed E-state index contributed by atoms with van der Waals surface area (Å²) in [6, 6.07) is 2.99. The Morgan fingerprint density at radius 2 is 2.04 bits per heavy atom. The molecule has 124 valence electrons. The highest BCUT2D eigenvalue weighted by molar-refractivity contribution is 6.40. The molecule has 0 bridgehead atoms. The number of rotatable bonds is 2. The molecule has 1 fully saturated rings. The van der Waals surface area contributed by atoms with Gasteiger partial charge in [-0.05, 0) is 31.0 Å². The standard InChI is InChI=1S/C15H17ClFN3O3/c1-19(2)14(22)12-4-3-7-20(12)15(23)13(21)18-9-5-6-11(17)10(16)8-9/h5-6,8,12H,3-4,7H2,1-2H3,(H,18,21)/t12-/m1/s1. The zero-order chi connectivity index (χ0) is 17.1. The topological polar surface area (TPSA) is 69.7 Å². The van der Waals surface area contributed by atoms with Gasteiger partial charge in [-0.1, -0.05) is 11.6 Å². The van der Waals surface area contributed by atoms with Crippen molar-refractivity contribution in [2.24, 2.45) is 0 Å². The van der Waals surface area contributed by atoms with Crippen LogP contribution in [0.2, 0.25) is 5.02 Å². The molecular weight excluding hydrogens is 325 g/mol. The molecule has 0 unspecified atom stereocenters. The van der Waals surface area contributed by atoms with Gasteiger partial charge in [0.25, 0.3) is 0 Å². The summed E-state index contributed by atoms with van der Waals surface area (Å²) < 4.78 is 13.1. The van der Waals surface area contributed by atoms with Crippen molar-refractivity contribution < 1.29 is 18.8 Å². The van der Waals surface area contributed by atoms with Gasteiger partial charge in [-0.3, -0.25) is 14.4 Å². The number of anilines is 1. The van der Waals surface area contributed by atoms with E-state index in [9.17, 15) is 18.8 Å². The first kappa shape index (κ1) is 17.2. The number of nitrogens with zero attached hydrogens (tertiary/aromatic N) is 2. The molecule has 0 aromatic heterocycles. The second-order valence-electron chi connectivity index (χ2n) is 5.47. The minimum atomic E-state index is -0.883. The largest absolute Gasteiger partial charge is 0.347 e. The molecule has 6 nitrogen and oxygen atoms in total. The van der Waals surface area contributed by atoms with Crippen LogP contribution in [0.3, 0.4) is 0 Å². The third-order valence-electron chi connectivity index (χ3n) is 3.61. The van der Waals surface area contributed by atoms with E-state index in [1.54, 1.807) is 14.1 Å².